The first-order chi connectivity index (χ1) is 8.22. The fourth-order valence-corrected chi connectivity index (χ4v) is 1.95. The minimum Gasteiger partial charge on any atom is -0.365 e. The van der Waals surface area contributed by atoms with E-state index in [4.69, 9.17) is 4.74 Å². The highest BCUT2D eigenvalue weighted by molar-refractivity contribution is 5.97. The maximum absolute atomic E-state index is 12.2. The van der Waals surface area contributed by atoms with Gasteiger partial charge in [-0.1, -0.05) is 17.7 Å². The van der Waals surface area contributed by atoms with E-state index in [1.807, 2.05) is 38.2 Å². The van der Waals surface area contributed by atoms with Crippen LogP contribution in [0, 0.1) is 6.92 Å². The Hall–Kier alpha value is -1.39. The third kappa shape index (κ3) is 2.65. The molecule has 17 heavy (non-hydrogen) atoms. The van der Waals surface area contributed by atoms with Crippen molar-refractivity contribution in [2.75, 3.05) is 31.6 Å². The second-order valence-electron chi connectivity index (χ2n) is 4.24. The van der Waals surface area contributed by atoms with Crippen LogP contribution in [0.5, 0.6) is 0 Å². The number of hydrogen-bond acceptors (Lipinski definition) is 3. The minimum atomic E-state index is -0.366. The summed E-state index contributed by atoms with van der Waals surface area (Å²) in [5.41, 5.74) is 2.14. The molecule has 1 aromatic rings. The molecule has 1 N–H and O–H groups in total. The van der Waals surface area contributed by atoms with Crippen molar-refractivity contribution in [3.05, 3.63) is 29.8 Å². The lowest BCUT2D eigenvalue weighted by atomic mass is 10.2. The van der Waals surface area contributed by atoms with Crippen molar-refractivity contribution in [1.29, 1.82) is 0 Å². The SMILES string of the molecule is CNCC1OCCN(c2ccc(C)cc2)C1=O. The van der Waals surface area contributed by atoms with E-state index in [2.05, 4.69) is 5.32 Å². The molecule has 0 spiro atoms. The number of nitrogens with zero attached hydrogens (tertiary/aromatic N) is 1. The summed E-state index contributed by atoms with van der Waals surface area (Å²) in [6, 6.07) is 8.00. The Morgan fingerprint density at radius 3 is 2.76 bits per heavy atom. The molecule has 0 aromatic heterocycles. The molecule has 0 bridgehead atoms. The molecule has 1 unspecified atom stereocenters. The second-order valence-corrected chi connectivity index (χ2v) is 4.24. The Bertz CT molecular complexity index is 387. The van der Waals surface area contributed by atoms with Crippen LogP contribution in [0.3, 0.4) is 0 Å². The summed E-state index contributed by atoms with van der Waals surface area (Å²) >= 11 is 0. The quantitative estimate of drug-likeness (QED) is 0.846. The molecule has 0 saturated carbocycles. The lowest BCUT2D eigenvalue weighted by molar-refractivity contribution is -0.133. The third-order valence-corrected chi connectivity index (χ3v) is 2.91. The summed E-state index contributed by atoms with van der Waals surface area (Å²) in [6.45, 7) is 3.81. The lowest BCUT2D eigenvalue weighted by Gasteiger charge is -2.32. The highest BCUT2D eigenvalue weighted by Crippen LogP contribution is 2.19. The van der Waals surface area contributed by atoms with Gasteiger partial charge in [0.25, 0.3) is 5.91 Å². The normalized spacial score (nSPS) is 20.7. The van der Waals surface area contributed by atoms with E-state index in [-0.39, 0.29) is 12.0 Å². The van der Waals surface area contributed by atoms with Gasteiger partial charge in [-0.15, -0.1) is 0 Å². The van der Waals surface area contributed by atoms with Gasteiger partial charge in [-0.2, -0.15) is 0 Å². The van der Waals surface area contributed by atoms with Gasteiger partial charge in [-0.25, -0.2) is 0 Å². The number of carbonyl (C=O) groups is 1. The Morgan fingerprint density at radius 2 is 2.12 bits per heavy atom. The first kappa shape index (κ1) is 12.1. The number of benzene rings is 1. The van der Waals surface area contributed by atoms with Crippen molar-refractivity contribution in [2.24, 2.45) is 0 Å². The van der Waals surface area contributed by atoms with Crippen molar-refractivity contribution in [2.45, 2.75) is 13.0 Å². The van der Waals surface area contributed by atoms with E-state index in [0.717, 1.165) is 5.69 Å². The Labute approximate surface area is 102 Å². The molecular weight excluding hydrogens is 216 g/mol. The van der Waals surface area contributed by atoms with E-state index in [9.17, 15) is 4.79 Å². The molecule has 2 rings (SSSR count). The van der Waals surface area contributed by atoms with Crippen molar-refractivity contribution in [3.63, 3.8) is 0 Å². The number of rotatable bonds is 3. The summed E-state index contributed by atoms with van der Waals surface area (Å²) in [4.78, 5) is 14.0. The number of carbonyl (C=O) groups excluding carboxylic acids is 1. The largest absolute Gasteiger partial charge is 0.365 e. The predicted molar refractivity (Wildman–Crippen MR) is 67.2 cm³/mol. The van der Waals surface area contributed by atoms with Gasteiger partial charge in [0, 0.05) is 18.8 Å². The smallest absolute Gasteiger partial charge is 0.257 e. The van der Waals surface area contributed by atoms with Crippen molar-refractivity contribution < 1.29 is 9.53 Å². The average Bonchev–Trinajstić information content (AvgIpc) is 2.34. The molecule has 1 saturated heterocycles. The van der Waals surface area contributed by atoms with E-state index in [1.54, 1.807) is 4.90 Å². The monoisotopic (exact) mass is 234 g/mol. The van der Waals surface area contributed by atoms with Crippen LogP contribution < -0.4 is 10.2 Å². The topological polar surface area (TPSA) is 41.6 Å². The van der Waals surface area contributed by atoms with E-state index < -0.39 is 0 Å². The first-order valence-corrected chi connectivity index (χ1v) is 5.86. The number of morpholine rings is 1. The van der Waals surface area contributed by atoms with Crippen LogP contribution in [0.4, 0.5) is 5.69 Å². The highest BCUT2D eigenvalue weighted by Gasteiger charge is 2.29. The molecule has 1 aliphatic rings. The van der Waals surface area contributed by atoms with Gasteiger partial charge in [-0.05, 0) is 26.1 Å². The molecule has 4 nitrogen and oxygen atoms in total. The molecular formula is C13H18N2O2. The molecule has 1 heterocycles. The fraction of sp³-hybridized carbons (Fsp3) is 0.462. The van der Waals surface area contributed by atoms with Crippen LogP contribution in [-0.4, -0.2) is 38.8 Å². The average molecular weight is 234 g/mol. The Kier molecular flexibility index (Phi) is 3.76. The number of nitrogens with one attached hydrogen (secondary N) is 1. The van der Waals surface area contributed by atoms with Crippen LogP contribution in [0.15, 0.2) is 24.3 Å². The second kappa shape index (κ2) is 5.29. The predicted octanol–water partition coefficient (Wildman–Crippen LogP) is 0.946. The van der Waals surface area contributed by atoms with Gasteiger partial charge in [0.2, 0.25) is 0 Å². The molecule has 1 aliphatic heterocycles. The Morgan fingerprint density at radius 1 is 1.41 bits per heavy atom. The van der Waals surface area contributed by atoms with Crippen molar-refractivity contribution >= 4 is 11.6 Å². The zero-order valence-corrected chi connectivity index (χ0v) is 10.3. The van der Waals surface area contributed by atoms with Crippen LogP contribution in [0.2, 0.25) is 0 Å². The van der Waals surface area contributed by atoms with E-state index in [1.165, 1.54) is 5.56 Å². The maximum Gasteiger partial charge on any atom is 0.257 e. The van der Waals surface area contributed by atoms with Gasteiger partial charge in [0.05, 0.1) is 6.61 Å². The molecule has 0 radical (unpaired) electrons. The summed E-state index contributed by atoms with van der Waals surface area (Å²) in [6.07, 6.45) is -0.366. The van der Waals surface area contributed by atoms with Crippen LogP contribution >= 0.6 is 0 Å². The maximum atomic E-state index is 12.2. The molecule has 4 heteroatoms. The summed E-state index contributed by atoms with van der Waals surface area (Å²) in [5.74, 6) is 0.0365. The van der Waals surface area contributed by atoms with Crippen LogP contribution in [0.1, 0.15) is 5.56 Å². The molecule has 0 aliphatic carbocycles. The van der Waals surface area contributed by atoms with E-state index >= 15 is 0 Å². The highest BCUT2D eigenvalue weighted by atomic mass is 16.5. The fourth-order valence-electron chi connectivity index (χ4n) is 1.95. The summed E-state index contributed by atoms with van der Waals surface area (Å²) < 4.78 is 5.45. The van der Waals surface area contributed by atoms with Gasteiger partial charge in [-0.3, -0.25) is 4.79 Å². The van der Waals surface area contributed by atoms with Gasteiger partial charge in [0.15, 0.2) is 0 Å². The minimum absolute atomic E-state index is 0.0365. The summed E-state index contributed by atoms with van der Waals surface area (Å²) in [5, 5.41) is 2.98. The molecule has 1 aromatic carbocycles. The zero-order valence-electron chi connectivity index (χ0n) is 10.3. The van der Waals surface area contributed by atoms with Crippen LogP contribution in [-0.2, 0) is 9.53 Å². The molecule has 1 amide bonds. The number of ether oxygens (including phenoxy) is 1. The number of likely N-dealkylation sites (N-methyl/N-ethyl adjacent to an activating group) is 1. The van der Waals surface area contributed by atoms with Crippen molar-refractivity contribution in [1.82, 2.24) is 5.32 Å². The van der Waals surface area contributed by atoms with Gasteiger partial charge >= 0.3 is 0 Å². The number of hydrogen-bond donors (Lipinski definition) is 1. The lowest BCUT2D eigenvalue weighted by Crippen LogP contribution is -2.51. The molecule has 92 valence electrons. The van der Waals surface area contributed by atoms with Gasteiger partial charge in [0.1, 0.15) is 6.10 Å². The van der Waals surface area contributed by atoms with E-state index in [0.29, 0.717) is 19.7 Å². The molecule has 1 fully saturated rings. The number of aryl methyl sites for hydroxylation is 1. The Balaban J connectivity index is 2.14. The number of amides is 1. The van der Waals surface area contributed by atoms with Crippen LogP contribution in [0.25, 0.3) is 0 Å². The molecule has 1 atom stereocenters. The van der Waals surface area contributed by atoms with Crippen molar-refractivity contribution in [3.8, 4) is 0 Å². The van der Waals surface area contributed by atoms with Gasteiger partial charge < -0.3 is 15.0 Å². The third-order valence-electron chi connectivity index (χ3n) is 2.91. The zero-order chi connectivity index (χ0) is 12.3. The summed E-state index contributed by atoms with van der Waals surface area (Å²) in [7, 11) is 1.82. The number of anilines is 1. The standard InChI is InChI=1S/C13H18N2O2/c1-10-3-5-11(6-4-10)15-7-8-17-12(9-14-2)13(15)16/h3-6,12,14H,7-9H2,1-2H3. The first-order valence-electron chi connectivity index (χ1n) is 5.86.